The van der Waals surface area contributed by atoms with E-state index < -0.39 is 0 Å². The van der Waals surface area contributed by atoms with Crippen LogP contribution in [0.15, 0.2) is 36.4 Å². The molecule has 0 aliphatic rings. The van der Waals surface area contributed by atoms with Crippen molar-refractivity contribution in [3.05, 3.63) is 120 Å². The maximum atomic E-state index is 10.6. The second-order valence-corrected chi connectivity index (χ2v) is 12.2. The molecule has 3 N–H and O–H groups in total. The average Bonchev–Trinajstić information content (AvgIpc) is 2.96. The van der Waals surface area contributed by atoms with Crippen LogP contribution >= 0.6 is 0 Å². The third-order valence-electron chi connectivity index (χ3n) is 9.32. The first-order chi connectivity index (χ1) is 19.9. The maximum absolute atomic E-state index is 10.6. The number of rotatable bonds is 9. The molecule has 0 fully saturated rings. The summed E-state index contributed by atoms with van der Waals surface area (Å²) in [4.78, 5) is 0. The Morgan fingerprint density at radius 1 is 0.405 bits per heavy atom. The van der Waals surface area contributed by atoms with Crippen molar-refractivity contribution in [2.24, 2.45) is 0 Å². The van der Waals surface area contributed by atoms with Crippen LogP contribution in [0.25, 0.3) is 0 Å². The van der Waals surface area contributed by atoms with Gasteiger partial charge in [-0.3, -0.25) is 0 Å². The summed E-state index contributed by atoms with van der Waals surface area (Å²) in [6.07, 6.45) is 4.79. The normalized spacial score (nSPS) is 11.4. The van der Waals surface area contributed by atoms with Gasteiger partial charge in [0.1, 0.15) is 17.2 Å². The van der Waals surface area contributed by atoms with Crippen molar-refractivity contribution in [2.45, 2.75) is 101 Å². The zero-order valence-corrected chi connectivity index (χ0v) is 27.0. The SMILES string of the molecule is CCc1cc(Cc2c(C)c(Cc3cc(C)c(O)c(CC)c3)c(C)c(Cc3cc(C)c(O)c(CC)c3)c2C)cc(C)c1O. The van der Waals surface area contributed by atoms with Gasteiger partial charge in [-0.05, 0) is 164 Å². The maximum Gasteiger partial charge on any atom is 0.121 e. The van der Waals surface area contributed by atoms with Crippen molar-refractivity contribution >= 4 is 0 Å². The zero-order chi connectivity index (χ0) is 30.9. The van der Waals surface area contributed by atoms with Crippen molar-refractivity contribution in [1.29, 1.82) is 0 Å². The van der Waals surface area contributed by atoms with E-state index in [4.69, 9.17) is 0 Å². The first-order valence-corrected chi connectivity index (χ1v) is 15.4. The lowest BCUT2D eigenvalue weighted by Crippen LogP contribution is -2.10. The Labute approximate surface area is 252 Å². The lowest BCUT2D eigenvalue weighted by molar-refractivity contribution is 0.464. The van der Waals surface area contributed by atoms with Crippen LogP contribution in [-0.2, 0) is 38.5 Å². The molecule has 42 heavy (non-hydrogen) atoms. The molecule has 0 atom stereocenters. The quantitative estimate of drug-likeness (QED) is 0.190. The van der Waals surface area contributed by atoms with Gasteiger partial charge in [-0.15, -0.1) is 0 Å². The van der Waals surface area contributed by atoms with Crippen LogP contribution in [0, 0.1) is 41.5 Å². The molecule has 4 rings (SSSR count). The highest BCUT2D eigenvalue weighted by molar-refractivity contribution is 5.57. The molecule has 4 aromatic rings. The van der Waals surface area contributed by atoms with Gasteiger partial charge in [0.05, 0.1) is 0 Å². The van der Waals surface area contributed by atoms with Crippen molar-refractivity contribution in [3.63, 3.8) is 0 Å². The number of phenols is 3. The Hall–Kier alpha value is -3.72. The molecule has 0 saturated carbocycles. The molecule has 0 bridgehead atoms. The minimum atomic E-state index is 0.406. The number of hydrogen-bond acceptors (Lipinski definition) is 3. The number of hydrogen-bond donors (Lipinski definition) is 3. The molecular formula is C39H48O3. The Bertz CT molecular complexity index is 1430. The predicted octanol–water partition coefficient (Wildman–Crippen LogP) is 9.11. The van der Waals surface area contributed by atoms with Gasteiger partial charge in [0.15, 0.2) is 0 Å². The fraction of sp³-hybridized carbons (Fsp3) is 0.385. The summed E-state index contributed by atoms with van der Waals surface area (Å²) in [7, 11) is 0. The molecule has 0 unspecified atom stereocenters. The van der Waals surface area contributed by atoms with E-state index in [-0.39, 0.29) is 0 Å². The minimum absolute atomic E-state index is 0.406. The van der Waals surface area contributed by atoms with Gasteiger partial charge in [-0.2, -0.15) is 0 Å². The second kappa shape index (κ2) is 12.7. The van der Waals surface area contributed by atoms with Gasteiger partial charge in [-0.1, -0.05) is 57.2 Å². The van der Waals surface area contributed by atoms with E-state index in [2.05, 4.69) is 77.9 Å². The molecule has 0 amide bonds. The standard InChI is InChI=1S/C39H48O3/c1-10-31-16-28(13-22(4)37(31)40)19-34-25(7)35(20-29-14-23(5)38(41)32(11-2)17-29)27(9)36(26(34)8)21-30-15-24(6)39(42)33(12-3)18-30/h13-18,40-42H,10-12,19-21H2,1-9H3. The van der Waals surface area contributed by atoms with Crippen molar-refractivity contribution < 1.29 is 15.3 Å². The summed E-state index contributed by atoms with van der Waals surface area (Å²) in [5, 5.41) is 31.8. The van der Waals surface area contributed by atoms with Crippen LogP contribution in [0.2, 0.25) is 0 Å². The number of aromatic hydroxyl groups is 3. The predicted molar refractivity (Wildman–Crippen MR) is 176 cm³/mol. The summed E-state index contributed by atoms with van der Waals surface area (Å²) in [6.45, 7) is 19.0. The number of benzene rings is 4. The highest BCUT2D eigenvalue weighted by Gasteiger charge is 2.20. The largest absolute Gasteiger partial charge is 0.507 e. The fourth-order valence-electron chi connectivity index (χ4n) is 6.71. The van der Waals surface area contributed by atoms with Crippen LogP contribution in [0.1, 0.15) is 104 Å². The Morgan fingerprint density at radius 3 is 0.857 bits per heavy atom. The first-order valence-electron chi connectivity index (χ1n) is 15.4. The zero-order valence-electron chi connectivity index (χ0n) is 27.0. The van der Waals surface area contributed by atoms with E-state index in [1.54, 1.807) is 0 Å². The van der Waals surface area contributed by atoms with Gasteiger partial charge >= 0.3 is 0 Å². The Kier molecular flexibility index (Phi) is 9.40. The molecule has 0 heterocycles. The number of aryl methyl sites for hydroxylation is 6. The molecule has 0 aliphatic carbocycles. The minimum Gasteiger partial charge on any atom is -0.507 e. The highest BCUT2D eigenvalue weighted by Crippen LogP contribution is 2.36. The van der Waals surface area contributed by atoms with Crippen molar-refractivity contribution in [3.8, 4) is 17.2 Å². The molecule has 0 aromatic heterocycles. The summed E-state index contributed by atoms with van der Waals surface area (Å²) in [5.41, 5.74) is 17.4. The van der Waals surface area contributed by atoms with Crippen LogP contribution in [0.4, 0.5) is 0 Å². The van der Waals surface area contributed by atoms with Crippen molar-refractivity contribution in [2.75, 3.05) is 0 Å². The van der Waals surface area contributed by atoms with E-state index in [1.165, 1.54) is 50.1 Å². The third kappa shape index (κ3) is 6.07. The van der Waals surface area contributed by atoms with Crippen LogP contribution in [-0.4, -0.2) is 15.3 Å². The van der Waals surface area contributed by atoms with Gasteiger partial charge < -0.3 is 15.3 Å². The lowest BCUT2D eigenvalue weighted by atomic mass is 9.81. The monoisotopic (exact) mass is 564 g/mol. The molecule has 3 heteroatoms. The Balaban J connectivity index is 1.91. The summed E-state index contributed by atoms with van der Waals surface area (Å²) >= 11 is 0. The third-order valence-corrected chi connectivity index (χ3v) is 9.32. The molecule has 3 nitrogen and oxygen atoms in total. The lowest BCUT2D eigenvalue weighted by Gasteiger charge is -2.24. The Morgan fingerprint density at radius 2 is 0.643 bits per heavy atom. The molecule has 222 valence electrons. The fourth-order valence-corrected chi connectivity index (χ4v) is 6.71. The molecule has 0 aliphatic heterocycles. The average molecular weight is 565 g/mol. The van der Waals surface area contributed by atoms with Gasteiger partial charge in [0.2, 0.25) is 0 Å². The topological polar surface area (TPSA) is 60.7 Å². The second-order valence-electron chi connectivity index (χ2n) is 12.2. The summed E-state index contributed by atoms with van der Waals surface area (Å²) in [6, 6.07) is 12.9. The van der Waals surface area contributed by atoms with Crippen LogP contribution < -0.4 is 0 Å². The van der Waals surface area contributed by atoms with E-state index in [9.17, 15) is 15.3 Å². The number of phenolic OH excluding ortho intramolecular Hbond substituents is 3. The molecule has 0 spiro atoms. The van der Waals surface area contributed by atoms with Crippen LogP contribution in [0.3, 0.4) is 0 Å². The van der Waals surface area contributed by atoms with E-state index in [1.807, 2.05) is 20.8 Å². The van der Waals surface area contributed by atoms with E-state index in [0.717, 1.165) is 71.9 Å². The molecule has 4 aromatic carbocycles. The van der Waals surface area contributed by atoms with Crippen LogP contribution in [0.5, 0.6) is 17.2 Å². The molecular weight excluding hydrogens is 516 g/mol. The first kappa shape index (κ1) is 31.2. The van der Waals surface area contributed by atoms with Crippen molar-refractivity contribution in [1.82, 2.24) is 0 Å². The molecule has 0 saturated heterocycles. The summed E-state index contributed by atoms with van der Waals surface area (Å²) in [5.74, 6) is 1.22. The van der Waals surface area contributed by atoms with Gasteiger partial charge in [-0.25, -0.2) is 0 Å². The van der Waals surface area contributed by atoms with E-state index in [0.29, 0.717) is 17.2 Å². The highest BCUT2D eigenvalue weighted by atomic mass is 16.3. The van der Waals surface area contributed by atoms with Gasteiger partial charge in [0.25, 0.3) is 0 Å². The molecule has 0 radical (unpaired) electrons. The smallest absolute Gasteiger partial charge is 0.121 e. The summed E-state index contributed by atoms with van der Waals surface area (Å²) < 4.78 is 0. The van der Waals surface area contributed by atoms with Gasteiger partial charge in [0, 0.05) is 0 Å². The van der Waals surface area contributed by atoms with E-state index >= 15 is 0 Å².